The number of fused-ring (bicyclic) bond motifs is 1. The summed E-state index contributed by atoms with van der Waals surface area (Å²) >= 11 is 0. The molecule has 1 saturated carbocycles. The summed E-state index contributed by atoms with van der Waals surface area (Å²) in [6.07, 6.45) is 11.2. The van der Waals surface area contributed by atoms with Gasteiger partial charge in [0.15, 0.2) is 11.6 Å². The highest BCUT2D eigenvalue weighted by Crippen LogP contribution is 2.41. The first-order chi connectivity index (χ1) is 14.3. The van der Waals surface area contributed by atoms with Gasteiger partial charge in [-0.15, -0.1) is 5.10 Å². The van der Waals surface area contributed by atoms with Crippen LogP contribution in [-0.4, -0.2) is 39.7 Å². The van der Waals surface area contributed by atoms with E-state index >= 15 is 0 Å². The number of rotatable bonds is 5. The van der Waals surface area contributed by atoms with Gasteiger partial charge in [0.2, 0.25) is 5.82 Å². The van der Waals surface area contributed by atoms with Gasteiger partial charge in [-0.3, -0.25) is 10.4 Å². The summed E-state index contributed by atoms with van der Waals surface area (Å²) in [6.45, 7) is 2.03. The topological polar surface area (TPSA) is 126 Å². The van der Waals surface area contributed by atoms with Crippen molar-refractivity contribution in [3.05, 3.63) is 48.4 Å². The number of H-pyrrole nitrogens is 2. The highest BCUT2D eigenvalue weighted by molar-refractivity contribution is 5.83. The van der Waals surface area contributed by atoms with E-state index in [2.05, 4.69) is 35.6 Å². The minimum atomic E-state index is 0.418. The lowest BCUT2D eigenvalue weighted by molar-refractivity contribution is 0.523. The van der Waals surface area contributed by atoms with Gasteiger partial charge in [0, 0.05) is 36.3 Å². The molecule has 3 N–H and O–H groups in total. The number of anilines is 2. The molecule has 0 amide bonds. The maximum atomic E-state index is 5.88. The van der Waals surface area contributed by atoms with Crippen LogP contribution in [0.4, 0.5) is 11.8 Å². The molecular weight excluding hydrogens is 370 g/mol. The molecule has 5 aromatic rings. The molecule has 0 aromatic carbocycles. The molecule has 10 nitrogen and oxygen atoms in total. The van der Waals surface area contributed by atoms with Gasteiger partial charge in [0.05, 0.1) is 11.9 Å². The molecule has 0 spiro atoms. The van der Waals surface area contributed by atoms with Crippen LogP contribution in [-0.2, 0) is 0 Å². The van der Waals surface area contributed by atoms with Gasteiger partial charge in [-0.1, -0.05) is 0 Å². The summed E-state index contributed by atoms with van der Waals surface area (Å²) in [5, 5.41) is 14.9. The Kier molecular flexibility index (Phi) is 3.33. The molecule has 0 bridgehead atoms. The zero-order valence-electron chi connectivity index (χ0n) is 15.5. The van der Waals surface area contributed by atoms with Crippen molar-refractivity contribution in [3.8, 4) is 22.9 Å². The van der Waals surface area contributed by atoms with E-state index in [0.29, 0.717) is 29.4 Å². The summed E-state index contributed by atoms with van der Waals surface area (Å²) in [5.41, 5.74) is 3.74. The predicted molar refractivity (Wildman–Crippen MR) is 105 cm³/mol. The highest BCUT2D eigenvalue weighted by Gasteiger charge is 2.28. The molecule has 0 unspecified atom stereocenters. The Morgan fingerprint density at radius 2 is 2.17 bits per heavy atom. The van der Waals surface area contributed by atoms with Crippen LogP contribution in [0.15, 0.2) is 41.5 Å². The van der Waals surface area contributed by atoms with E-state index in [-0.39, 0.29) is 0 Å². The second-order valence-corrected chi connectivity index (χ2v) is 7.12. The average Bonchev–Trinajstić information content (AvgIpc) is 3.21. The van der Waals surface area contributed by atoms with Crippen molar-refractivity contribution in [2.45, 2.75) is 25.7 Å². The second-order valence-electron chi connectivity index (χ2n) is 7.12. The Bertz CT molecular complexity index is 1290. The Labute approximate surface area is 164 Å². The predicted octanol–water partition coefficient (Wildman–Crippen LogP) is 3.43. The number of aromatic nitrogens is 8. The first-order valence-electron chi connectivity index (χ1n) is 9.38. The third kappa shape index (κ3) is 2.68. The Hall–Kier alpha value is -3.95. The molecule has 1 aliphatic rings. The molecule has 0 radical (unpaired) electrons. The van der Waals surface area contributed by atoms with Gasteiger partial charge in [-0.25, -0.2) is 19.5 Å². The molecule has 5 heterocycles. The third-order valence-electron chi connectivity index (χ3n) is 5.11. The minimum Gasteiger partial charge on any atom is -0.428 e. The molecule has 1 aliphatic carbocycles. The monoisotopic (exact) mass is 387 g/mol. The van der Waals surface area contributed by atoms with Gasteiger partial charge in [0.25, 0.3) is 0 Å². The third-order valence-corrected chi connectivity index (χ3v) is 5.11. The fourth-order valence-corrected chi connectivity index (χ4v) is 3.49. The number of oxazole rings is 1. The lowest BCUT2D eigenvalue weighted by atomic mass is 10.1. The summed E-state index contributed by atoms with van der Waals surface area (Å²) < 4.78 is 7.67. The van der Waals surface area contributed by atoms with E-state index in [4.69, 9.17) is 9.40 Å². The number of imidazole rings is 1. The Balaban J connectivity index is 1.51. The number of nitrogens with one attached hydrogen (secondary N) is 3. The molecule has 144 valence electrons. The van der Waals surface area contributed by atoms with Crippen LogP contribution >= 0.6 is 0 Å². The van der Waals surface area contributed by atoms with Crippen molar-refractivity contribution in [2.24, 2.45) is 0 Å². The van der Waals surface area contributed by atoms with Crippen LogP contribution < -0.4 is 5.32 Å². The standard InChI is InChI=1S/C19H17N9O/c1-10-12(13-4-5-23-26-13)9-28-15(10)16(24-18(27-28)17-20-6-7-21-17)25-19-22-8-14(29-19)11-2-3-11/h4-9,11H,2-3H2,1H3,(H,20,21)(H,23,26)(H,22,24,25,27). The Morgan fingerprint density at radius 1 is 1.24 bits per heavy atom. The van der Waals surface area contributed by atoms with Crippen LogP contribution in [0, 0.1) is 6.92 Å². The van der Waals surface area contributed by atoms with Crippen molar-refractivity contribution >= 4 is 17.3 Å². The number of hydrogen-bond acceptors (Lipinski definition) is 7. The largest absolute Gasteiger partial charge is 0.428 e. The van der Waals surface area contributed by atoms with Crippen molar-refractivity contribution in [1.29, 1.82) is 0 Å². The second kappa shape index (κ2) is 6.03. The van der Waals surface area contributed by atoms with Crippen molar-refractivity contribution in [2.75, 3.05) is 5.32 Å². The summed E-state index contributed by atoms with van der Waals surface area (Å²) in [7, 11) is 0. The fraction of sp³-hybridized carbons (Fsp3) is 0.211. The minimum absolute atomic E-state index is 0.418. The fourth-order valence-electron chi connectivity index (χ4n) is 3.49. The SMILES string of the molecule is Cc1c(-c2ccn[nH]2)cn2nc(-c3ncc[nH]3)nc(Nc3ncc(C4CC4)o3)c12. The van der Waals surface area contributed by atoms with E-state index in [1.807, 2.05) is 19.2 Å². The summed E-state index contributed by atoms with van der Waals surface area (Å²) in [6, 6.07) is 2.34. The number of aromatic amines is 2. The van der Waals surface area contributed by atoms with E-state index < -0.39 is 0 Å². The maximum Gasteiger partial charge on any atom is 0.300 e. The van der Waals surface area contributed by atoms with Crippen LogP contribution in [0.3, 0.4) is 0 Å². The van der Waals surface area contributed by atoms with Gasteiger partial charge in [-0.05, 0) is 31.4 Å². The van der Waals surface area contributed by atoms with Gasteiger partial charge in [0.1, 0.15) is 11.3 Å². The van der Waals surface area contributed by atoms with Crippen LogP contribution in [0.5, 0.6) is 0 Å². The lowest BCUT2D eigenvalue weighted by Crippen LogP contribution is -2.04. The van der Waals surface area contributed by atoms with Gasteiger partial charge in [-0.2, -0.15) is 5.10 Å². The first-order valence-corrected chi connectivity index (χ1v) is 9.38. The van der Waals surface area contributed by atoms with Crippen LogP contribution in [0.25, 0.3) is 28.4 Å². The van der Waals surface area contributed by atoms with E-state index in [9.17, 15) is 0 Å². The zero-order chi connectivity index (χ0) is 19.4. The van der Waals surface area contributed by atoms with Crippen LogP contribution in [0.2, 0.25) is 0 Å². The molecular formula is C19H17N9O. The molecule has 10 heteroatoms. The van der Waals surface area contributed by atoms with Crippen LogP contribution in [0.1, 0.15) is 30.1 Å². The average molecular weight is 387 g/mol. The molecule has 6 rings (SSSR count). The smallest absolute Gasteiger partial charge is 0.300 e. The molecule has 0 atom stereocenters. The van der Waals surface area contributed by atoms with Crippen molar-refractivity contribution < 1.29 is 4.42 Å². The number of aryl methyl sites for hydroxylation is 1. The maximum absolute atomic E-state index is 5.88. The summed E-state index contributed by atoms with van der Waals surface area (Å²) in [5.74, 6) is 3.04. The summed E-state index contributed by atoms with van der Waals surface area (Å²) in [4.78, 5) is 16.4. The van der Waals surface area contributed by atoms with Gasteiger partial charge >= 0.3 is 6.01 Å². The van der Waals surface area contributed by atoms with Gasteiger partial charge < -0.3 is 9.40 Å². The normalized spacial score (nSPS) is 14.0. The first kappa shape index (κ1) is 16.0. The molecule has 1 fully saturated rings. The van der Waals surface area contributed by atoms with E-state index in [1.165, 1.54) is 0 Å². The van der Waals surface area contributed by atoms with Crippen molar-refractivity contribution in [1.82, 2.24) is 39.7 Å². The Morgan fingerprint density at radius 3 is 2.93 bits per heavy atom. The molecule has 29 heavy (non-hydrogen) atoms. The zero-order valence-corrected chi connectivity index (χ0v) is 15.5. The highest BCUT2D eigenvalue weighted by atomic mass is 16.4. The molecule has 0 saturated heterocycles. The number of nitrogens with zero attached hydrogens (tertiary/aromatic N) is 6. The molecule has 5 aromatic heterocycles. The quantitative estimate of drug-likeness (QED) is 0.422. The van der Waals surface area contributed by atoms with E-state index in [1.54, 1.807) is 29.3 Å². The van der Waals surface area contributed by atoms with Crippen molar-refractivity contribution in [3.63, 3.8) is 0 Å². The lowest BCUT2D eigenvalue weighted by Gasteiger charge is -2.07. The number of hydrogen-bond donors (Lipinski definition) is 3. The molecule has 0 aliphatic heterocycles. The van der Waals surface area contributed by atoms with E-state index in [0.717, 1.165) is 40.9 Å².